The molecule has 1 rings (SSSR count). The van der Waals surface area contributed by atoms with Gasteiger partial charge < -0.3 is 0 Å². The van der Waals surface area contributed by atoms with Crippen LogP contribution < -0.4 is 0 Å². The van der Waals surface area contributed by atoms with Gasteiger partial charge >= 0.3 is 32.9 Å². The molecule has 0 radical (unpaired) electrons. The molecular weight excluding hydrogens is 77.8 g/mol. The van der Waals surface area contributed by atoms with E-state index in [1.807, 2.05) is 0 Å². The average molecular weight is 82.9 g/mol. The van der Waals surface area contributed by atoms with Gasteiger partial charge in [0, 0.05) is 0 Å². The van der Waals surface area contributed by atoms with Gasteiger partial charge in [0.2, 0.25) is 0 Å². The fraction of sp³-hybridized carbons (Fsp3) is 0.667. The van der Waals surface area contributed by atoms with Crippen LogP contribution in [0.1, 0.15) is 6.42 Å². The topological polar surface area (TPSA) is 0 Å². The third kappa shape index (κ3) is 0.848. The molecule has 2 heteroatoms. The molecule has 0 atom stereocenters. The molecule has 0 spiro atoms. The first kappa shape index (κ1) is 3.55. The molecule has 0 aromatic carbocycles. The Labute approximate surface area is 33.8 Å². The number of hydrogen-bond donors (Lipinski definition) is 0. The fourth-order valence-electron chi connectivity index (χ4n) is 0.373. The van der Waals surface area contributed by atoms with Crippen molar-refractivity contribution in [1.29, 1.82) is 0 Å². The van der Waals surface area contributed by atoms with Crippen molar-refractivity contribution in [3.05, 3.63) is 0 Å². The van der Waals surface area contributed by atoms with Crippen LogP contribution in [-0.2, 0) is 0 Å². The molecule has 1 aliphatic rings. The predicted octanol–water partition coefficient (Wildman–Crippen LogP) is 1.18. The normalized spacial score (nSPS) is 17.6. The van der Waals surface area contributed by atoms with Crippen molar-refractivity contribution in [2.24, 2.45) is 0 Å². The molecular formula is C3H5BP+. The van der Waals surface area contributed by atoms with Gasteiger partial charge in [0.1, 0.15) is 0 Å². The van der Waals surface area contributed by atoms with E-state index < -0.39 is 0 Å². The molecule has 0 saturated carbocycles. The predicted molar refractivity (Wildman–Crippen MR) is 28.2 cm³/mol. The van der Waals surface area contributed by atoms with E-state index in [1.165, 1.54) is 20.4 Å². The van der Waals surface area contributed by atoms with Crippen molar-refractivity contribution in [3.63, 3.8) is 0 Å². The van der Waals surface area contributed by atoms with Crippen LogP contribution in [0.2, 0.25) is 6.32 Å². The van der Waals surface area contributed by atoms with E-state index in [1.54, 1.807) is 0 Å². The first-order valence-corrected chi connectivity index (χ1v) is 2.87. The Hall–Kier alpha value is 0.365. The molecule has 24 valence electrons. The molecule has 0 aromatic heterocycles. The van der Waals surface area contributed by atoms with Crippen molar-refractivity contribution in [2.45, 2.75) is 12.7 Å². The zero-order valence-electron chi connectivity index (χ0n) is 3.02. The maximum absolute atomic E-state index is 2.28. The van der Waals surface area contributed by atoms with E-state index in [9.17, 15) is 0 Å². The molecule has 0 bridgehead atoms. The summed E-state index contributed by atoms with van der Waals surface area (Å²) in [4.78, 5) is 0. The molecule has 0 saturated heterocycles. The van der Waals surface area contributed by atoms with E-state index in [2.05, 4.69) is 12.4 Å². The Morgan fingerprint density at radius 2 is 2.80 bits per heavy atom. The van der Waals surface area contributed by atoms with Gasteiger partial charge in [0.25, 0.3) is 0 Å². The molecule has 0 amide bonds. The molecule has 1 aliphatic heterocycles. The summed E-state index contributed by atoms with van der Waals surface area (Å²) in [5, 5.41) is 0. The van der Waals surface area contributed by atoms with E-state index >= 15 is 0 Å². The monoisotopic (exact) mass is 83.0 g/mol. The van der Waals surface area contributed by atoms with Crippen LogP contribution in [-0.4, -0.2) is 12.4 Å². The number of rotatable bonds is 0. The third-order valence-electron chi connectivity index (χ3n) is 0.636. The SMILES string of the molecule is B1=[P+]=CCC1. The van der Waals surface area contributed by atoms with Gasteiger partial charge in [0.15, 0.2) is 0 Å². The second-order valence-electron chi connectivity index (χ2n) is 1.09. The van der Waals surface area contributed by atoms with E-state index in [0.717, 1.165) is 0 Å². The summed E-state index contributed by atoms with van der Waals surface area (Å²) in [6.45, 7) is 2.28. The van der Waals surface area contributed by atoms with Gasteiger partial charge in [-0.2, -0.15) is 0 Å². The molecule has 0 fully saturated rings. The number of hydrogen-bond acceptors (Lipinski definition) is 0. The second kappa shape index (κ2) is 1.72. The van der Waals surface area contributed by atoms with E-state index in [4.69, 9.17) is 0 Å². The van der Waals surface area contributed by atoms with E-state index in [0.29, 0.717) is 0 Å². The van der Waals surface area contributed by atoms with Crippen LogP contribution in [0.15, 0.2) is 0 Å². The zero-order chi connectivity index (χ0) is 3.54. The molecule has 0 nitrogen and oxygen atoms in total. The molecule has 1 heterocycles. The quantitative estimate of drug-likeness (QED) is 0.304. The van der Waals surface area contributed by atoms with Crippen molar-refractivity contribution in [2.75, 3.05) is 0 Å². The Morgan fingerprint density at radius 3 is 3.00 bits per heavy atom. The van der Waals surface area contributed by atoms with Crippen molar-refractivity contribution in [1.82, 2.24) is 0 Å². The molecule has 0 aromatic rings. The summed E-state index contributed by atoms with van der Waals surface area (Å²) in [7, 11) is 1.44. The average Bonchev–Trinajstić information content (AvgIpc) is 1.76. The summed E-state index contributed by atoms with van der Waals surface area (Å²) in [5.41, 5.74) is 0. The third-order valence-corrected chi connectivity index (χ3v) is 1.57. The Balaban J connectivity index is 2.64. The van der Waals surface area contributed by atoms with Crippen molar-refractivity contribution in [3.8, 4) is 0 Å². The van der Waals surface area contributed by atoms with Gasteiger partial charge in [-0.3, -0.25) is 0 Å². The maximum atomic E-state index is 2.28. The molecule has 0 unspecified atom stereocenters. The Morgan fingerprint density at radius 1 is 1.80 bits per heavy atom. The van der Waals surface area contributed by atoms with Gasteiger partial charge in [-0.1, -0.05) is 0 Å². The summed E-state index contributed by atoms with van der Waals surface area (Å²) >= 11 is 0. The van der Waals surface area contributed by atoms with Crippen LogP contribution >= 0.6 is 7.70 Å². The first-order valence-electron chi connectivity index (χ1n) is 1.83. The van der Waals surface area contributed by atoms with Crippen LogP contribution in [0.3, 0.4) is 0 Å². The van der Waals surface area contributed by atoms with Gasteiger partial charge in [-0.15, -0.1) is 0 Å². The molecule has 5 heavy (non-hydrogen) atoms. The summed E-state index contributed by atoms with van der Waals surface area (Å²) in [6, 6.07) is 0. The van der Waals surface area contributed by atoms with E-state index in [-0.39, 0.29) is 0 Å². The van der Waals surface area contributed by atoms with Gasteiger partial charge in [0.05, 0.1) is 0 Å². The van der Waals surface area contributed by atoms with Crippen LogP contribution in [0, 0.1) is 0 Å². The minimum absolute atomic E-state index is 1.31. The first-order chi connectivity index (χ1) is 2.50. The molecule has 0 aliphatic carbocycles. The summed E-state index contributed by atoms with van der Waals surface area (Å²) < 4.78 is 0. The second-order valence-corrected chi connectivity index (χ2v) is 2.12. The van der Waals surface area contributed by atoms with Gasteiger partial charge in [-0.05, 0) is 0 Å². The zero-order valence-corrected chi connectivity index (χ0v) is 3.91. The Bertz CT molecular complexity index is 72.9. The van der Waals surface area contributed by atoms with Crippen LogP contribution in [0.25, 0.3) is 0 Å². The van der Waals surface area contributed by atoms with Crippen LogP contribution in [0.5, 0.6) is 0 Å². The Kier molecular flexibility index (Phi) is 1.22. The summed E-state index contributed by atoms with van der Waals surface area (Å²) in [6.07, 6.45) is 2.61. The van der Waals surface area contributed by atoms with Gasteiger partial charge in [-0.25, -0.2) is 0 Å². The molecule has 0 N–H and O–H groups in total. The van der Waals surface area contributed by atoms with Crippen molar-refractivity contribution >= 4 is 20.1 Å². The summed E-state index contributed by atoms with van der Waals surface area (Å²) in [5.74, 6) is 2.28. The van der Waals surface area contributed by atoms with Crippen molar-refractivity contribution < 1.29 is 0 Å². The fourth-order valence-corrected chi connectivity index (χ4v) is 1.12. The minimum atomic E-state index is 1.31. The standard InChI is InChI=1S/C3H5BP/c1-2-4-5-3-1/h3H,1-2H2/q+1. The van der Waals surface area contributed by atoms with Crippen LogP contribution in [0.4, 0.5) is 0 Å².